The number of aryl methyl sites for hydroxylation is 1. The molecule has 18 heavy (non-hydrogen) atoms. The molecule has 0 fully saturated rings. The number of nitrogens with zero attached hydrogens (tertiary/aromatic N) is 2. The first-order valence-electron chi connectivity index (χ1n) is 5.00. The van der Waals surface area contributed by atoms with Crippen molar-refractivity contribution in [1.29, 1.82) is 0 Å². The van der Waals surface area contributed by atoms with Gasteiger partial charge in [0.25, 0.3) is 0 Å². The van der Waals surface area contributed by atoms with Crippen LogP contribution in [0.5, 0.6) is 11.5 Å². The number of phenols is 1. The number of aromatic hydroxyl groups is 1. The molecule has 0 spiro atoms. The normalized spacial score (nSPS) is 10.7. The molecular formula is C11H11BrFN3O2. The summed E-state index contributed by atoms with van der Waals surface area (Å²) in [6.45, 7) is 0. The molecule has 0 amide bonds. The first-order chi connectivity index (χ1) is 8.45. The van der Waals surface area contributed by atoms with E-state index in [1.165, 1.54) is 11.8 Å². The number of ether oxygens (including phenoxy) is 1. The highest BCUT2D eigenvalue weighted by Gasteiger charge is 2.20. The van der Waals surface area contributed by atoms with Crippen LogP contribution in [0.15, 0.2) is 16.6 Å². The highest BCUT2D eigenvalue weighted by molar-refractivity contribution is 9.10. The fraction of sp³-hybridized carbons (Fsp3) is 0.182. The second-order valence-electron chi connectivity index (χ2n) is 3.68. The number of hydrogen-bond donors (Lipinski definition) is 2. The van der Waals surface area contributed by atoms with Crippen molar-refractivity contribution >= 4 is 21.7 Å². The Morgan fingerprint density at radius 1 is 1.50 bits per heavy atom. The number of anilines is 1. The van der Waals surface area contributed by atoms with Crippen molar-refractivity contribution in [3.8, 4) is 22.8 Å². The Morgan fingerprint density at radius 2 is 2.17 bits per heavy atom. The summed E-state index contributed by atoms with van der Waals surface area (Å²) in [5.41, 5.74) is 6.21. The number of benzene rings is 1. The van der Waals surface area contributed by atoms with E-state index in [9.17, 15) is 9.50 Å². The van der Waals surface area contributed by atoms with E-state index in [2.05, 4.69) is 21.0 Å². The number of halogens is 2. The number of methoxy groups -OCH3 is 1. The SMILES string of the molecule is COc1c(O)cc(F)c(-c2cc(N)n(C)n2)c1Br. The zero-order valence-electron chi connectivity index (χ0n) is 9.74. The van der Waals surface area contributed by atoms with Crippen LogP contribution >= 0.6 is 15.9 Å². The number of phenolic OH excluding ortho intramolecular Hbond substituents is 1. The largest absolute Gasteiger partial charge is 0.504 e. The number of rotatable bonds is 2. The molecule has 1 aromatic heterocycles. The van der Waals surface area contributed by atoms with Crippen molar-refractivity contribution in [2.24, 2.45) is 7.05 Å². The molecule has 96 valence electrons. The molecule has 0 radical (unpaired) electrons. The minimum atomic E-state index is -0.613. The van der Waals surface area contributed by atoms with Crippen LogP contribution < -0.4 is 10.5 Å². The lowest BCUT2D eigenvalue weighted by Gasteiger charge is -2.10. The van der Waals surface area contributed by atoms with Gasteiger partial charge >= 0.3 is 0 Å². The number of aromatic nitrogens is 2. The Labute approximate surface area is 111 Å². The van der Waals surface area contributed by atoms with Gasteiger partial charge in [-0.15, -0.1) is 0 Å². The fourth-order valence-corrected chi connectivity index (χ4v) is 2.38. The van der Waals surface area contributed by atoms with Gasteiger partial charge in [-0.1, -0.05) is 0 Å². The molecule has 5 nitrogen and oxygen atoms in total. The van der Waals surface area contributed by atoms with Gasteiger partial charge in [0.05, 0.1) is 22.8 Å². The van der Waals surface area contributed by atoms with Gasteiger partial charge in [0, 0.05) is 19.2 Å². The van der Waals surface area contributed by atoms with Gasteiger partial charge in [-0.2, -0.15) is 5.10 Å². The summed E-state index contributed by atoms with van der Waals surface area (Å²) in [6, 6.07) is 2.52. The zero-order chi connectivity index (χ0) is 13.4. The molecule has 1 aromatic carbocycles. The third kappa shape index (κ3) is 1.90. The van der Waals surface area contributed by atoms with E-state index in [1.807, 2.05) is 0 Å². The lowest BCUT2D eigenvalue weighted by molar-refractivity contribution is 0.369. The molecule has 0 saturated carbocycles. The van der Waals surface area contributed by atoms with E-state index in [0.29, 0.717) is 16.0 Å². The van der Waals surface area contributed by atoms with E-state index in [0.717, 1.165) is 6.07 Å². The van der Waals surface area contributed by atoms with Crippen LogP contribution in [-0.4, -0.2) is 22.0 Å². The third-order valence-corrected chi connectivity index (χ3v) is 3.29. The molecule has 0 aliphatic heterocycles. The van der Waals surface area contributed by atoms with Gasteiger partial charge in [-0.05, 0) is 15.9 Å². The Bertz CT molecular complexity index is 593. The van der Waals surface area contributed by atoms with Crippen LogP contribution in [0.1, 0.15) is 0 Å². The predicted molar refractivity (Wildman–Crippen MR) is 68.9 cm³/mol. The topological polar surface area (TPSA) is 73.3 Å². The summed E-state index contributed by atoms with van der Waals surface area (Å²) in [6.07, 6.45) is 0. The van der Waals surface area contributed by atoms with E-state index >= 15 is 0 Å². The monoisotopic (exact) mass is 315 g/mol. The average Bonchev–Trinajstić information content (AvgIpc) is 2.58. The van der Waals surface area contributed by atoms with Crippen molar-refractivity contribution in [2.45, 2.75) is 0 Å². The smallest absolute Gasteiger partial charge is 0.175 e. The highest BCUT2D eigenvalue weighted by atomic mass is 79.9. The van der Waals surface area contributed by atoms with Crippen molar-refractivity contribution in [2.75, 3.05) is 12.8 Å². The first-order valence-corrected chi connectivity index (χ1v) is 5.79. The third-order valence-electron chi connectivity index (χ3n) is 2.53. The van der Waals surface area contributed by atoms with E-state index in [-0.39, 0.29) is 17.1 Å². The maximum atomic E-state index is 13.9. The average molecular weight is 316 g/mol. The molecule has 0 aliphatic rings. The summed E-state index contributed by atoms with van der Waals surface area (Å²) in [7, 11) is 3.04. The van der Waals surface area contributed by atoms with E-state index < -0.39 is 5.82 Å². The van der Waals surface area contributed by atoms with Gasteiger partial charge in [0.2, 0.25) is 0 Å². The summed E-state index contributed by atoms with van der Waals surface area (Å²) in [5.74, 6) is -0.341. The Morgan fingerprint density at radius 3 is 2.67 bits per heavy atom. The van der Waals surface area contributed by atoms with Crippen molar-refractivity contribution in [3.63, 3.8) is 0 Å². The molecule has 3 N–H and O–H groups in total. The Kier molecular flexibility index (Phi) is 3.16. The van der Waals surface area contributed by atoms with Crippen molar-refractivity contribution < 1.29 is 14.2 Å². The van der Waals surface area contributed by atoms with Gasteiger partial charge in [-0.3, -0.25) is 4.68 Å². The molecule has 2 rings (SSSR count). The minimum absolute atomic E-state index is 0.149. The van der Waals surface area contributed by atoms with Gasteiger partial charge < -0.3 is 15.6 Å². The summed E-state index contributed by atoms with van der Waals surface area (Å²) < 4.78 is 20.6. The molecule has 2 aromatic rings. The Hall–Kier alpha value is -1.76. The van der Waals surface area contributed by atoms with E-state index in [1.54, 1.807) is 13.1 Å². The highest BCUT2D eigenvalue weighted by Crippen LogP contribution is 2.43. The molecule has 0 aliphatic carbocycles. The molecular weight excluding hydrogens is 305 g/mol. The second-order valence-corrected chi connectivity index (χ2v) is 4.47. The molecule has 0 bridgehead atoms. The fourth-order valence-electron chi connectivity index (χ4n) is 1.62. The lowest BCUT2D eigenvalue weighted by atomic mass is 10.1. The summed E-state index contributed by atoms with van der Waals surface area (Å²) in [4.78, 5) is 0. The quantitative estimate of drug-likeness (QED) is 0.891. The second kappa shape index (κ2) is 4.49. The standard InChI is InChI=1S/C11H11BrFN3O2/c1-16-8(14)4-6(15-16)9-5(13)3-7(17)11(18-2)10(9)12/h3-4,17H,14H2,1-2H3. The molecule has 0 unspecified atom stereocenters. The van der Waals surface area contributed by atoms with E-state index in [4.69, 9.17) is 10.5 Å². The molecule has 7 heteroatoms. The predicted octanol–water partition coefficient (Wildman–Crippen LogP) is 2.29. The van der Waals surface area contributed by atoms with Crippen LogP contribution in [0.2, 0.25) is 0 Å². The van der Waals surface area contributed by atoms with Crippen LogP contribution in [-0.2, 0) is 7.05 Å². The van der Waals surface area contributed by atoms with Gasteiger partial charge in [-0.25, -0.2) is 4.39 Å². The minimum Gasteiger partial charge on any atom is -0.504 e. The number of nitrogens with two attached hydrogens (primary N) is 1. The van der Waals surface area contributed by atoms with Gasteiger partial charge in [0.1, 0.15) is 11.6 Å². The van der Waals surface area contributed by atoms with Crippen LogP contribution in [0.4, 0.5) is 10.2 Å². The maximum absolute atomic E-state index is 13.9. The first kappa shape index (κ1) is 12.7. The molecule has 0 saturated heterocycles. The summed E-state index contributed by atoms with van der Waals surface area (Å²) in [5, 5.41) is 13.6. The number of hydrogen-bond acceptors (Lipinski definition) is 4. The number of nitrogen functional groups attached to an aromatic ring is 1. The maximum Gasteiger partial charge on any atom is 0.175 e. The Balaban J connectivity index is 2.71. The van der Waals surface area contributed by atoms with Crippen molar-refractivity contribution in [1.82, 2.24) is 9.78 Å². The van der Waals surface area contributed by atoms with Crippen molar-refractivity contribution in [3.05, 3.63) is 22.4 Å². The summed E-state index contributed by atoms with van der Waals surface area (Å²) >= 11 is 3.20. The van der Waals surface area contributed by atoms with Crippen LogP contribution in [0.3, 0.4) is 0 Å². The molecule has 1 heterocycles. The lowest BCUT2D eigenvalue weighted by Crippen LogP contribution is -1.97. The van der Waals surface area contributed by atoms with Crippen LogP contribution in [0.25, 0.3) is 11.3 Å². The van der Waals surface area contributed by atoms with Gasteiger partial charge in [0.15, 0.2) is 11.5 Å². The zero-order valence-corrected chi connectivity index (χ0v) is 11.3. The molecule has 0 atom stereocenters. The van der Waals surface area contributed by atoms with Crippen LogP contribution in [0, 0.1) is 5.82 Å².